The van der Waals surface area contributed by atoms with Gasteiger partial charge in [-0.25, -0.2) is 9.78 Å². The molecule has 0 unspecified atom stereocenters. The Balaban J connectivity index is 1.46. The fraction of sp³-hybridized carbons (Fsp3) is 0.565. The number of urea groups is 1. The third-order valence-corrected chi connectivity index (χ3v) is 5.78. The number of amides is 3. The molecule has 3 amide bonds. The second-order valence-corrected chi connectivity index (χ2v) is 8.30. The number of ether oxygens (including phenoxy) is 1. The van der Waals surface area contributed by atoms with E-state index in [0.717, 1.165) is 29.7 Å². The van der Waals surface area contributed by atoms with Gasteiger partial charge in [0.15, 0.2) is 0 Å². The van der Waals surface area contributed by atoms with Crippen molar-refractivity contribution in [2.45, 2.75) is 52.0 Å². The number of fused-ring (bicyclic) bond motifs is 1. The van der Waals surface area contributed by atoms with Crippen molar-refractivity contribution in [3.63, 3.8) is 0 Å². The van der Waals surface area contributed by atoms with Gasteiger partial charge in [-0.2, -0.15) is 0 Å². The maximum atomic E-state index is 12.8. The maximum absolute atomic E-state index is 12.8. The molecule has 1 fully saturated rings. The molecule has 0 atom stereocenters. The van der Waals surface area contributed by atoms with Crippen LogP contribution in [0.4, 0.5) is 4.79 Å². The summed E-state index contributed by atoms with van der Waals surface area (Å²) in [6, 6.07) is 7.52. The van der Waals surface area contributed by atoms with Gasteiger partial charge in [0.05, 0.1) is 17.6 Å². The summed E-state index contributed by atoms with van der Waals surface area (Å²) < 4.78 is 4.83. The molecule has 174 valence electrons. The van der Waals surface area contributed by atoms with Gasteiger partial charge in [-0.3, -0.25) is 9.59 Å². The SMILES string of the molecule is CCOC(=O)CNC(=O)N(CCC(=O)N1CCC(c2nc3ccccc3[nH]2)CC1)C(C)C. The van der Waals surface area contributed by atoms with E-state index < -0.39 is 5.97 Å². The first kappa shape index (κ1) is 23.6. The minimum atomic E-state index is -0.479. The Morgan fingerprint density at radius 1 is 1.25 bits per heavy atom. The van der Waals surface area contributed by atoms with Crippen molar-refractivity contribution < 1.29 is 19.1 Å². The number of hydrogen-bond donors (Lipinski definition) is 2. The highest BCUT2D eigenvalue weighted by Crippen LogP contribution is 2.28. The first-order chi connectivity index (χ1) is 15.4. The number of para-hydroxylation sites is 2. The second-order valence-electron chi connectivity index (χ2n) is 8.30. The lowest BCUT2D eigenvalue weighted by atomic mass is 9.96. The molecule has 3 rings (SSSR count). The molecule has 1 aliphatic rings. The van der Waals surface area contributed by atoms with Crippen LogP contribution in [0.25, 0.3) is 11.0 Å². The van der Waals surface area contributed by atoms with Crippen LogP contribution in [0, 0.1) is 0 Å². The number of H-pyrrole nitrogens is 1. The average Bonchev–Trinajstić information content (AvgIpc) is 3.22. The number of carbonyl (C=O) groups excluding carboxylic acids is 3. The molecule has 0 bridgehead atoms. The highest BCUT2D eigenvalue weighted by atomic mass is 16.5. The zero-order chi connectivity index (χ0) is 23.1. The number of hydrogen-bond acceptors (Lipinski definition) is 5. The fourth-order valence-corrected chi connectivity index (χ4v) is 4.00. The van der Waals surface area contributed by atoms with Crippen molar-refractivity contribution in [2.24, 2.45) is 0 Å². The van der Waals surface area contributed by atoms with Crippen molar-refractivity contribution in [1.29, 1.82) is 0 Å². The van der Waals surface area contributed by atoms with Crippen molar-refractivity contribution in [2.75, 3.05) is 32.8 Å². The van der Waals surface area contributed by atoms with E-state index in [4.69, 9.17) is 9.72 Å². The molecular weight excluding hydrogens is 410 g/mol. The molecule has 1 aromatic heterocycles. The third kappa shape index (κ3) is 5.99. The van der Waals surface area contributed by atoms with Crippen molar-refractivity contribution in [3.8, 4) is 0 Å². The van der Waals surface area contributed by atoms with Crippen LogP contribution in [0.5, 0.6) is 0 Å². The van der Waals surface area contributed by atoms with E-state index >= 15 is 0 Å². The summed E-state index contributed by atoms with van der Waals surface area (Å²) in [7, 11) is 0. The Bertz CT molecular complexity index is 900. The molecule has 1 aliphatic heterocycles. The largest absolute Gasteiger partial charge is 0.465 e. The van der Waals surface area contributed by atoms with Gasteiger partial charge in [0.25, 0.3) is 0 Å². The number of piperidine rings is 1. The number of nitrogens with zero attached hydrogens (tertiary/aromatic N) is 3. The number of aromatic amines is 1. The first-order valence-electron chi connectivity index (χ1n) is 11.3. The highest BCUT2D eigenvalue weighted by Gasteiger charge is 2.27. The van der Waals surface area contributed by atoms with Crippen LogP contribution >= 0.6 is 0 Å². The van der Waals surface area contributed by atoms with Crippen LogP contribution in [-0.4, -0.2) is 76.5 Å². The van der Waals surface area contributed by atoms with Crippen LogP contribution < -0.4 is 5.32 Å². The van der Waals surface area contributed by atoms with Gasteiger partial charge in [0.2, 0.25) is 5.91 Å². The zero-order valence-electron chi connectivity index (χ0n) is 19.1. The Kier molecular flexibility index (Phi) is 8.08. The van der Waals surface area contributed by atoms with Crippen LogP contribution in [0.3, 0.4) is 0 Å². The van der Waals surface area contributed by atoms with Crippen LogP contribution in [0.15, 0.2) is 24.3 Å². The number of nitrogens with one attached hydrogen (secondary N) is 2. The third-order valence-electron chi connectivity index (χ3n) is 5.78. The van der Waals surface area contributed by atoms with E-state index in [-0.39, 0.29) is 37.6 Å². The number of esters is 1. The summed E-state index contributed by atoms with van der Waals surface area (Å²) in [5, 5.41) is 2.56. The van der Waals surface area contributed by atoms with Gasteiger partial charge in [-0.1, -0.05) is 12.1 Å². The molecule has 0 aliphatic carbocycles. The lowest BCUT2D eigenvalue weighted by Gasteiger charge is -2.32. The molecule has 0 radical (unpaired) electrons. The monoisotopic (exact) mass is 443 g/mol. The van der Waals surface area contributed by atoms with Crippen LogP contribution in [0.1, 0.15) is 51.8 Å². The summed E-state index contributed by atoms with van der Waals surface area (Å²) in [6.07, 6.45) is 1.97. The molecule has 1 aromatic carbocycles. The van der Waals surface area contributed by atoms with Gasteiger partial charge in [-0.15, -0.1) is 0 Å². The predicted molar refractivity (Wildman–Crippen MR) is 121 cm³/mol. The first-order valence-corrected chi connectivity index (χ1v) is 11.3. The van der Waals surface area contributed by atoms with Gasteiger partial charge in [0, 0.05) is 38.0 Å². The van der Waals surface area contributed by atoms with Crippen LogP contribution in [0.2, 0.25) is 0 Å². The number of rotatable bonds is 8. The van der Waals surface area contributed by atoms with E-state index in [2.05, 4.69) is 10.3 Å². The van der Waals surface area contributed by atoms with E-state index in [1.165, 1.54) is 0 Å². The molecule has 2 heterocycles. The van der Waals surface area contributed by atoms with Gasteiger partial charge >= 0.3 is 12.0 Å². The summed E-state index contributed by atoms with van der Waals surface area (Å²) in [4.78, 5) is 48.2. The minimum Gasteiger partial charge on any atom is -0.465 e. The minimum absolute atomic E-state index is 0.0388. The van der Waals surface area contributed by atoms with Gasteiger partial charge in [0.1, 0.15) is 12.4 Å². The Morgan fingerprint density at radius 2 is 1.97 bits per heavy atom. The number of carbonyl (C=O) groups is 3. The molecule has 9 nitrogen and oxygen atoms in total. The summed E-state index contributed by atoms with van der Waals surface area (Å²) in [5.41, 5.74) is 2.01. The molecule has 0 saturated carbocycles. The van der Waals surface area contributed by atoms with Gasteiger partial charge < -0.3 is 24.8 Å². The summed E-state index contributed by atoms with van der Waals surface area (Å²) >= 11 is 0. The predicted octanol–water partition coefficient (Wildman–Crippen LogP) is 2.64. The molecule has 9 heteroatoms. The molecule has 2 N–H and O–H groups in total. The smallest absolute Gasteiger partial charge is 0.325 e. The van der Waals surface area contributed by atoms with Gasteiger partial charge in [-0.05, 0) is 45.7 Å². The standard InChI is InChI=1S/C23H33N5O4/c1-4-32-21(30)15-24-23(31)28(16(2)3)14-11-20(29)27-12-9-17(10-13-27)22-25-18-7-5-6-8-19(18)26-22/h5-8,16-17H,4,9-15H2,1-3H3,(H,24,31)(H,25,26). The number of imidazole rings is 1. The topological polar surface area (TPSA) is 108 Å². The van der Waals surface area contributed by atoms with Crippen molar-refractivity contribution in [1.82, 2.24) is 25.1 Å². The van der Waals surface area contributed by atoms with E-state index in [1.54, 1.807) is 11.8 Å². The number of aromatic nitrogens is 2. The summed E-state index contributed by atoms with van der Waals surface area (Å²) in [5.74, 6) is 0.861. The molecule has 1 saturated heterocycles. The lowest BCUT2D eigenvalue weighted by Crippen LogP contribution is -2.47. The molecular formula is C23H33N5O4. The fourth-order valence-electron chi connectivity index (χ4n) is 4.00. The molecule has 2 aromatic rings. The number of benzene rings is 1. The molecule has 0 spiro atoms. The van der Waals surface area contributed by atoms with E-state index in [9.17, 15) is 14.4 Å². The quantitative estimate of drug-likeness (QED) is 0.610. The average molecular weight is 444 g/mol. The second kappa shape index (κ2) is 11.0. The van der Waals surface area contributed by atoms with Crippen LogP contribution in [-0.2, 0) is 14.3 Å². The van der Waals surface area contributed by atoms with Crippen molar-refractivity contribution in [3.05, 3.63) is 30.1 Å². The van der Waals surface area contributed by atoms with E-state index in [0.29, 0.717) is 25.6 Å². The normalized spacial score (nSPS) is 14.6. The number of likely N-dealkylation sites (tertiary alicyclic amines) is 1. The molecule has 32 heavy (non-hydrogen) atoms. The lowest BCUT2D eigenvalue weighted by molar-refractivity contribution is -0.142. The summed E-state index contributed by atoms with van der Waals surface area (Å²) in [6.45, 7) is 7.22. The highest BCUT2D eigenvalue weighted by molar-refractivity contribution is 5.82. The Labute approximate surface area is 188 Å². The zero-order valence-corrected chi connectivity index (χ0v) is 19.1. The maximum Gasteiger partial charge on any atom is 0.325 e. The van der Waals surface area contributed by atoms with Crippen molar-refractivity contribution >= 4 is 28.9 Å². The van der Waals surface area contributed by atoms with E-state index in [1.807, 2.05) is 43.0 Å². The Morgan fingerprint density at radius 3 is 2.62 bits per heavy atom. The Hall–Kier alpha value is -3.10.